The molecule has 0 radical (unpaired) electrons. The number of esters is 2. The lowest BCUT2D eigenvalue weighted by molar-refractivity contribution is -0.889. The average Bonchev–Trinajstić information content (AvgIpc) is 2.98. The molecule has 0 aromatic rings. The van der Waals surface area contributed by atoms with Crippen LogP contribution < -0.4 is 5.11 Å². The Kier molecular flexibility index (Phi) is 27.4. The van der Waals surface area contributed by atoms with Gasteiger partial charge in [-0.3, -0.25) is 9.59 Å². The van der Waals surface area contributed by atoms with Crippen LogP contribution in [0.25, 0.3) is 0 Å². The number of aliphatic carboxylic acids is 1. The lowest BCUT2D eigenvalue weighted by atomic mass is 10.1. The Bertz CT molecular complexity index is 844. The third-order valence-corrected chi connectivity index (χ3v) is 7.51. The van der Waals surface area contributed by atoms with Gasteiger partial charge in [-0.1, -0.05) is 88.8 Å². The maximum absolute atomic E-state index is 12.6. The van der Waals surface area contributed by atoms with Crippen LogP contribution in [0.1, 0.15) is 129 Å². The Labute approximate surface area is 274 Å². The van der Waals surface area contributed by atoms with Crippen molar-refractivity contribution in [2.45, 2.75) is 142 Å². The number of hydrogen-bond acceptors (Lipinski definition) is 7. The molecule has 260 valence electrons. The normalized spacial score (nSPS) is 13.5. The highest BCUT2D eigenvalue weighted by Gasteiger charge is 2.25. The molecule has 8 heteroatoms. The molecule has 2 atom stereocenters. The van der Waals surface area contributed by atoms with E-state index in [0.29, 0.717) is 19.3 Å². The predicted molar refractivity (Wildman–Crippen MR) is 180 cm³/mol. The van der Waals surface area contributed by atoms with Crippen LogP contribution in [0.4, 0.5) is 0 Å². The number of unbranched alkanes of at least 4 members (excludes halogenated alkanes) is 10. The van der Waals surface area contributed by atoms with Crippen LogP contribution in [0.3, 0.4) is 0 Å². The summed E-state index contributed by atoms with van der Waals surface area (Å²) in [5.41, 5.74) is 0. The standard InChI is InChI=1S/C37H65NO7/c1-6-8-10-12-14-16-17-18-20-22-24-26-28-36(40)45-33(31-43-30-29-34(37(41)42)38(3,4)5)32-44-35(39)27-25-23-21-19-15-13-11-9-7-2/h8,10,14,16,19,21,33-34H,6-7,9,11-13,15,17-18,20,22-32H2,1-5H3/b10-8+,16-14+,21-19+. The second kappa shape index (κ2) is 29.0. The molecular formula is C37H65NO7. The van der Waals surface area contributed by atoms with Gasteiger partial charge in [-0.15, -0.1) is 0 Å². The molecular weight excluding hydrogens is 570 g/mol. The first-order valence-corrected chi connectivity index (χ1v) is 17.5. The van der Waals surface area contributed by atoms with E-state index in [0.717, 1.165) is 64.2 Å². The molecule has 0 fully saturated rings. The monoisotopic (exact) mass is 635 g/mol. The van der Waals surface area contributed by atoms with Crippen molar-refractivity contribution in [1.29, 1.82) is 0 Å². The molecule has 0 N–H and O–H groups in total. The van der Waals surface area contributed by atoms with Crippen LogP contribution in [-0.4, -0.2) is 75.5 Å². The van der Waals surface area contributed by atoms with Crippen molar-refractivity contribution in [2.75, 3.05) is 41.0 Å². The number of rotatable bonds is 30. The number of ether oxygens (including phenoxy) is 3. The van der Waals surface area contributed by atoms with Crippen LogP contribution in [0.15, 0.2) is 36.5 Å². The Hall–Kier alpha value is -2.45. The summed E-state index contributed by atoms with van der Waals surface area (Å²) < 4.78 is 17.0. The molecule has 0 saturated carbocycles. The van der Waals surface area contributed by atoms with Gasteiger partial charge in [0.2, 0.25) is 0 Å². The number of allylic oxidation sites excluding steroid dienone is 6. The molecule has 0 saturated heterocycles. The minimum Gasteiger partial charge on any atom is -0.544 e. The molecule has 2 unspecified atom stereocenters. The van der Waals surface area contributed by atoms with E-state index in [-0.39, 0.29) is 42.7 Å². The van der Waals surface area contributed by atoms with Crippen LogP contribution in [0, 0.1) is 0 Å². The van der Waals surface area contributed by atoms with Crippen LogP contribution in [0.5, 0.6) is 0 Å². The molecule has 0 bridgehead atoms. The smallest absolute Gasteiger partial charge is 0.306 e. The second-order valence-corrected chi connectivity index (χ2v) is 12.7. The Morgan fingerprint density at radius 1 is 0.689 bits per heavy atom. The summed E-state index contributed by atoms with van der Waals surface area (Å²) in [6.07, 6.45) is 29.0. The van der Waals surface area contributed by atoms with Gasteiger partial charge >= 0.3 is 11.9 Å². The summed E-state index contributed by atoms with van der Waals surface area (Å²) in [5, 5.41) is 11.5. The van der Waals surface area contributed by atoms with Crippen molar-refractivity contribution < 1.29 is 38.2 Å². The molecule has 0 aliphatic heterocycles. The van der Waals surface area contributed by atoms with Crippen molar-refractivity contribution >= 4 is 17.9 Å². The lowest BCUT2D eigenvalue weighted by Gasteiger charge is -2.34. The summed E-state index contributed by atoms with van der Waals surface area (Å²) in [5.74, 6) is -1.81. The van der Waals surface area contributed by atoms with Gasteiger partial charge in [0.1, 0.15) is 12.6 Å². The fourth-order valence-corrected chi connectivity index (χ4v) is 4.76. The number of carboxylic acids is 1. The number of likely N-dealkylation sites (N-methyl/N-ethyl adjacent to an activating group) is 1. The summed E-state index contributed by atoms with van der Waals surface area (Å²) in [7, 11) is 5.37. The maximum Gasteiger partial charge on any atom is 0.306 e. The third kappa shape index (κ3) is 27.6. The average molecular weight is 636 g/mol. The molecule has 8 nitrogen and oxygen atoms in total. The van der Waals surface area contributed by atoms with E-state index < -0.39 is 18.1 Å². The number of hydrogen-bond donors (Lipinski definition) is 0. The number of carboxylic acid groups (broad SMARTS) is 1. The summed E-state index contributed by atoms with van der Waals surface area (Å²) in [6, 6.07) is -0.729. The van der Waals surface area contributed by atoms with E-state index in [2.05, 4.69) is 50.3 Å². The van der Waals surface area contributed by atoms with Gasteiger partial charge in [0.05, 0.1) is 40.3 Å². The zero-order valence-corrected chi connectivity index (χ0v) is 29.3. The Morgan fingerprint density at radius 3 is 1.91 bits per heavy atom. The zero-order chi connectivity index (χ0) is 33.6. The SMILES string of the molecule is CC/C=C/C/C=C/CCCCCCCC(=O)OC(COCCC(C(=O)[O-])[N+](C)(C)C)COC(=O)CCC/C=C/CCCCCC. The van der Waals surface area contributed by atoms with Gasteiger partial charge in [-0.05, 0) is 57.8 Å². The molecule has 0 aromatic carbocycles. The van der Waals surface area contributed by atoms with Gasteiger partial charge in [0.15, 0.2) is 6.10 Å². The second-order valence-electron chi connectivity index (χ2n) is 12.7. The molecule has 0 heterocycles. The van der Waals surface area contributed by atoms with E-state index in [4.69, 9.17) is 14.2 Å². The Morgan fingerprint density at radius 2 is 1.27 bits per heavy atom. The number of nitrogens with zero attached hydrogens (tertiary/aromatic N) is 1. The van der Waals surface area contributed by atoms with Crippen molar-refractivity contribution in [2.24, 2.45) is 0 Å². The molecule has 0 rings (SSSR count). The minimum atomic E-state index is -1.13. The van der Waals surface area contributed by atoms with E-state index >= 15 is 0 Å². The molecule has 45 heavy (non-hydrogen) atoms. The van der Waals surface area contributed by atoms with Gasteiger partial charge in [-0.2, -0.15) is 0 Å². The van der Waals surface area contributed by atoms with Gasteiger partial charge in [0, 0.05) is 19.3 Å². The summed E-state index contributed by atoms with van der Waals surface area (Å²) >= 11 is 0. The van der Waals surface area contributed by atoms with Crippen molar-refractivity contribution in [3.8, 4) is 0 Å². The van der Waals surface area contributed by atoms with Gasteiger partial charge in [0.25, 0.3) is 0 Å². The molecule has 0 amide bonds. The highest BCUT2D eigenvalue weighted by atomic mass is 16.6. The van der Waals surface area contributed by atoms with Crippen molar-refractivity contribution in [3.05, 3.63) is 36.5 Å². The van der Waals surface area contributed by atoms with Crippen LogP contribution >= 0.6 is 0 Å². The van der Waals surface area contributed by atoms with E-state index in [1.165, 1.54) is 25.7 Å². The van der Waals surface area contributed by atoms with E-state index in [9.17, 15) is 19.5 Å². The van der Waals surface area contributed by atoms with Crippen molar-refractivity contribution in [3.63, 3.8) is 0 Å². The maximum atomic E-state index is 12.6. The first kappa shape index (κ1) is 42.6. The van der Waals surface area contributed by atoms with E-state index in [1.807, 2.05) is 0 Å². The van der Waals surface area contributed by atoms with Gasteiger partial charge < -0.3 is 28.6 Å². The predicted octanol–water partition coefficient (Wildman–Crippen LogP) is 7.01. The molecule has 0 aromatic heterocycles. The lowest BCUT2D eigenvalue weighted by Crippen LogP contribution is -2.55. The van der Waals surface area contributed by atoms with Crippen LogP contribution in [-0.2, 0) is 28.6 Å². The highest BCUT2D eigenvalue weighted by molar-refractivity contribution is 5.70. The molecule has 0 spiro atoms. The minimum absolute atomic E-state index is 0.0262. The fourth-order valence-electron chi connectivity index (χ4n) is 4.76. The molecule has 0 aliphatic rings. The van der Waals surface area contributed by atoms with Crippen LogP contribution in [0.2, 0.25) is 0 Å². The number of quaternary nitrogens is 1. The zero-order valence-electron chi connectivity index (χ0n) is 29.3. The topological polar surface area (TPSA) is 102 Å². The summed E-state index contributed by atoms with van der Waals surface area (Å²) in [6.45, 7) is 4.44. The fraction of sp³-hybridized carbons (Fsp3) is 0.757. The first-order valence-electron chi connectivity index (χ1n) is 17.5. The highest BCUT2D eigenvalue weighted by Crippen LogP contribution is 2.11. The first-order chi connectivity index (χ1) is 21.6. The third-order valence-electron chi connectivity index (χ3n) is 7.51. The largest absolute Gasteiger partial charge is 0.544 e. The van der Waals surface area contributed by atoms with Crippen molar-refractivity contribution in [1.82, 2.24) is 0 Å². The number of carbonyl (C=O) groups is 3. The summed E-state index contributed by atoms with van der Waals surface area (Å²) in [4.78, 5) is 36.4. The molecule has 0 aliphatic carbocycles. The van der Waals surface area contributed by atoms with Gasteiger partial charge in [-0.25, -0.2) is 0 Å². The quantitative estimate of drug-likeness (QED) is 0.0362. The van der Waals surface area contributed by atoms with E-state index in [1.54, 1.807) is 21.1 Å². The Balaban J connectivity index is 4.53. The number of carbonyl (C=O) groups excluding carboxylic acids is 3.